The molecule has 0 amide bonds. The van der Waals surface area contributed by atoms with Gasteiger partial charge in [-0.1, -0.05) is 0 Å². The fourth-order valence-electron chi connectivity index (χ4n) is 0.748. The Morgan fingerprint density at radius 1 is 1.62 bits per heavy atom. The maximum Gasteiger partial charge on any atom is 0.154 e. The van der Waals surface area contributed by atoms with E-state index in [0.29, 0.717) is 13.1 Å². The van der Waals surface area contributed by atoms with E-state index in [1.165, 1.54) is 4.90 Å². The molecule has 8 heavy (non-hydrogen) atoms. The van der Waals surface area contributed by atoms with E-state index >= 15 is 0 Å². The van der Waals surface area contributed by atoms with Crippen molar-refractivity contribution >= 4 is 6.72 Å². The molecule has 0 unspecified atom stereocenters. The van der Waals surface area contributed by atoms with Crippen molar-refractivity contribution in [3.8, 4) is 0 Å². The lowest BCUT2D eigenvalue weighted by Crippen LogP contribution is -2.38. The SMILES string of the molecule is [2H]C([2H])([2H])N1CC[N+](=C)CC1. The largest absolute Gasteiger partial charge is 0.294 e. The number of nitrogens with zero attached hydrogens (tertiary/aromatic N) is 2. The second-order valence-electron chi connectivity index (χ2n) is 2.11. The molecule has 0 aromatic heterocycles. The number of likely N-dealkylation sites (N-methyl/N-ethyl adjacent to an activating group) is 1. The standard InChI is InChI=1S/C6H13N2/c1-7-3-5-8(2)6-4-7/h1,3-6H2,2H3/q+1/i2D3. The summed E-state index contributed by atoms with van der Waals surface area (Å²) in [6.07, 6.45) is 0. The van der Waals surface area contributed by atoms with Crippen LogP contribution in [0.4, 0.5) is 0 Å². The third-order valence-electron chi connectivity index (χ3n) is 1.37. The minimum atomic E-state index is -1.92. The molecule has 0 bridgehead atoms. The topological polar surface area (TPSA) is 6.25 Å². The quantitative estimate of drug-likeness (QED) is 0.392. The van der Waals surface area contributed by atoms with Crippen molar-refractivity contribution in [2.75, 3.05) is 33.2 Å². The van der Waals surface area contributed by atoms with E-state index in [-0.39, 0.29) is 0 Å². The summed E-state index contributed by atoms with van der Waals surface area (Å²) in [6, 6.07) is 0. The highest BCUT2D eigenvalue weighted by atomic mass is 15.2. The molecule has 0 atom stereocenters. The minimum absolute atomic E-state index is 0.597. The molecule has 1 rings (SSSR count). The molecule has 1 heterocycles. The summed E-state index contributed by atoms with van der Waals surface area (Å²) in [7, 11) is 0. The van der Waals surface area contributed by atoms with Crippen LogP contribution in [0, 0.1) is 0 Å². The van der Waals surface area contributed by atoms with E-state index in [1.54, 1.807) is 0 Å². The molecule has 1 fully saturated rings. The van der Waals surface area contributed by atoms with Crippen molar-refractivity contribution in [3.05, 3.63) is 0 Å². The molecular formula is C6H13N2+. The van der Waals surface area contributed by atoms with Gasteiger partial charge in [-0.3, -0.25) is 4.90 Å². The number of hydrogen-bond acceptors (Lipinski definition) is 1. The zero-order chi connectivity index (χ0) is 8.48. The van der Waals surface area contributed by atoms with Gasteiger partial charge in [-0.15, -0.1) is 0 Å². The zero-order valence-corrected chi connectivity index (χ0v) is 4.93. The van der Waals surface area contributed by atoms with Crippen molar-refractivity contribution in [1.82, 2.24) is 4.90 Å². The molecule has 1 saturated heterocycles. The third kappa shape index (κ3) is 1.30. The van der Waals surface area contributed by atoms with E-state index in [0.717, 1.165) is 13.1 Å². The van der Waals surface area contributed by atoms with E-state index in [9.17, 15) is 0 Å². The molecule has 0 aromatic carbocycles. The summed E-state index contributed by atoms with van der Waals surface area (Å²) in [5.74, 6) is 0. The summed E-state index contributed by atoms with van der Waals surface area (Å²) in [5, 5.41) is 0. The van der Waals surface area contributed by atoms with Gasteiger partial charge in [-0.2, -0.15) is 0 Å². The van der Waals surface area contributed by atoms with E-state index in [1.807, 2.05) is 4.58 Å². The van der Waals surface area contributed by atoms with Gasteiger partial charge in [0.2, 0.25) is 0 Å². The van der Waals surface area contributed by atoms with Crippen LogP contribution in [0.25, 0.3) is 0 Å². The fraction of sp³-hybridized carbons (Fsp3) is 0.833. The van der Waals surface area contributed by atoms with Gasteiger partial charge in [0.05, 0.1) is 13.1 Å². The summed E-state index contributed by atoms with van der Waals surface area (Å²) >= 11 is 0. The molecule has 46 valence electrons. The van der Waals surface area contributed by atoms with Gasteiger partial charge in [0.15, 0.2) is 13.1 Å². The van der Waals surface area contributed by atoms with Gasteiger partial charge in [-0.25, -0.2) is 4.58 Å². The molecule has 0 N–H and O–H groups in total. The van der Waals surface area contributed by atoms with E-state index in [4.69, 9.17) is 4.11 Å². The van der Waals surface area contributed by atoms with Crippen LogP contribution in [0.2, 0.25) is 0 Å². The maximum atomic E-state index is 7.11. The zero-order valence-electron chi connectivity index (χ0n) is 7.93. The first-order chi connectivity index (χ1) is 5.00. The smallest absolute Gasteiger partial charge is 0.154 e. The highest BCUT2D eigenvalue weighted by Gasteiger charge is 2.11. The Labute approximate surface area is 54.6 Å². The average Bonchev–Trinajstić information content (AvgIpc) is 1.86. The van der Waals surface area contributed by atoms with Crippen molar-refractivity contribution in [2.24, 2.45) is 0 Å². The van der Waals surface area contributed by atoms with Crippen LogP contribution in [0.5, 0.6) is 0 Å². The molecule has 0 spiro atoms. The Hall–Kier alpha value is -0.370. The molecule has 0 radical (unpaired) electrons. The molecule has 1 aliphatic heterocycles. The maximum absolute atomic E-state index is 7.11. The molecule has 2 nitrogen and oxygen atoms in total. The summed E-state index contributed by atoms with van der Waals surface area (Å²) in [5.41, 5.74) is 0. The van der Waals surface area contributed by atoms with E-state index in [2.05, 4.69) is 6.72 Å². The average molecular weight is 116 g/mol. The predicted octanol–water partition coefficient (Wildman–Crippen LogP) is -0.355. The fourth-order valence-corrected chi connectivity index (χ4v) is 0.748. The lowest BCUT2D eigenvalue weighted by molar-refractivity contribution is -0.530. The Bertz CT molecular complexity index is 154. The monoisotopic (exact) mass is 116 g/mol. The van der Waals surface area contributed by atoms with Crippen LogP contribution in [0.15, 0.2) is 0 Å². The highest BCUT2D eigenvalue weighted by molar-refractivity contribution is 5.14. The van der Waals surface area contributed by atoms with Crippen molar-refractivity contribution in [1.29, 1.82) is 0 Å². The van der Waals surface area contributed by atoms with Crippen LogP contribution in [-0.2, 0) is 0 Å². The summed E-state index contributed by atoms with van der Waals surface area (Å²) in [6.45, 7) is 4.51. The van der Waals surface area contributed by atoms with Gasteiger partial charge in [0.1, 0.15) is 6.72 Å². The summed E-state index contributed by atoms with van der Waals surface area (Å²) in [4.78, 5) is 1.51. The van der Waals surface area contributed by atoms with Gasteiger partial charge >= 0.3 is 0 Å². The first-order valence-corrected chi connectivity index (χ1v) is 2.80. The Morgan fingerprint density at radius 3 is 2.75 bits per heavy atom. The van der Waals surface area contributed by atoms with Crippen molar-refractivity contribution in [2.45, 2.75) is 0 Å². The second kappa shape index (κ2) is 2.27. The highest BCUT2D eigenvalue weighted by Crippen LogP contribution is 1.89. The lowest BCUT2D eigenvalue weighted by atomic mass is 10.4. The van der Waals surface area contributed by atoms with E-state index < -0.39 is 6.98 Å². The molecule has 0 aromatic rings. The first-order valence-electron chi connectivity index (χ1n) is 4.30. The minimum Gasteiger partial charge on any atom is -0.294 e. The third-order valence-corrected chi connectivity index (χ3v) is 1.37. The van der Waals surface area contributed by atoms with Gasteiger partial charge in [-0.05, 0) is 6.98 Å². The number of piperazine rings is 1. The van der Waals surface area contributed by atoms with Crippen LogP contribution in [0.3, 0.4) is 0 Å². The van der Waals surface area contributed by atoms with Gasteiger partial charge in [0, 0.05) is 4.11 Å². The van der Waals surface area contributed by atoms with Crippen LogP contribution in [0.1, 0.15) is 4.11 Å². The Balaban J connectivity index is 2.45. The predicted molar refractivity (Wildman–Crippen MR) is 34.6 cm³/mol. The number of hydrogen-bond donors (Lipinski definition) is 0. The first kappa shape index (κ1) is 2.97. The Morgan fingerprint density at radius 2 is 2.25 bits per heavy atom. The number of rotatable bonds is 0. The van der Waals surface area contributed by atoms with Gasteiger partial charge < -0.3 is 0 Å². The molecule has 0 saturated carbocycles. The normalized spacial score (nSPS) is 31.0. The van der Waals surface area contributed by atoms with Crippen LogP contribution < -0.4 is 0 Å². The molecular weight excluding hydrogens is 100 g/mol. The Kier molecular flexibility index (Phi) is 0.841. The second-order valence-corrected chi connectivity index (χ2v) is 2.11. The van der Waals surface area contributed by atoms with Gasteiger partial charge in [0.25, 0.3) is 0 Å². The van der Waals surface area contributed by atoms with Crippen LogP contribution >= 0.6 is 0 Å². The summed E-state index contributed by atoms with van der Waals surface area (Å²) < 4.78 is 23.2. The molecule has 2 heteroatoms. The molecule has 1 aliphatic rings. The van der Waals surface area contributed by atoms with Crippen molar-refractivity contribution < 1.29 is 8.69 Å². The van der Waals surface area contributed by atoms with Crippen molar-refractivity contribution in [3.63, 3.8) is 0 Å². The molecule has 0 aliphatic carbocycles. The lowest BCUT2D eigenvalue weighted by Gasteiger charge is -2.18. The van der Waals surface area contributed by atoms with Crippen LogP contribution in [-0.4, -0.2) is 49.3 Å².